The van der Waals surface area contributed by atoms with Crippen LogP contribution < -0.4 is 10.4 Å². The number of carboxylic acid groups (broad SMARTS) is 1. The molecule has 4 rings (SSSR count). The van der Waals surface area contributed by atoms with E-state index in [4.69, 9.17) is 0 Å². The summed E-state index contributed by atoms with van der Waals surface area (Å²) in [6.45, 7) is 0. The first-order valence-corrected chi connectivity index (χ1v) is 9.74. The Hall–Kier alpha value is -3.68. The number of hydrogen-bond donors (Lipinski definition) is 2. The average molecular weight is 407 g/mol. The molecule has 1 aliphatic heterocycles. The predicted molar refractivity (Wildman–Crippen MR) is 105 cm³/mol. The van der Waals surface area contributed by atoms with Crippen molar-refractivity contribution in [2.45, 2.75) is 38.1 Å². The summed E-state index contributed by atoms with van der Waals surface area (Å²) in [4.78, 5) is 50.9. The van der Waals surface area contributed by atoms with Crippen LogP contribution in [-0.2, 0) is 0 Å². The van der Waals surface area contributed by atoms with Gasteiger partial charge >= 0.3 is 5.97 Å². The molecule has 2 aliphatic rings. The minimum absolute atomic E-state index is 0.0289. The van der Waals surface area contributed by atoms with Crippen LogP contribution in [-0.4, -0.2) is 39.7 Å². The van der Waals surface area contributed by atoms with Crippen LogP contribution in [0.2, 0.25) is 0 Å². The molecule has 154 valence electrons. The number of imide groups is 1. The third-order valence-electron chi connectivity index (χ3n) is 5.59. The van der Waals surface area contributed by atoms with Crippen molar-refractivity contribution < 1.29 is 29.4 Å². The Labute approximate surface area is 172 Å². The third kappa shape index (κ3) is 3.41. The number of carboxylic acids is 1. The molecular formula is C22H19N2O6-. The van der Waals surface area contributed by atoms with E-state index < -0.39 is 23.5 Å². The minimum Gasteiger partial charge on any atom is -0.872 e. The van der Waals surface area contributed by atoms with Crippen LogP contribution in [0.25, 0.3) is 0 Å². The van der Waals surface area contributed by atoms with Crippen LogP contribution in [0.3, 0.4) is 0 Å². The minimum atomic E-state index is -1.35. The molecule has 0 aromatic heterocycles. The molecule has 0 radical (unpaired) electrons. The fourth-order valence-corrected chi connectivity index (χ4v) is 4.08. The molecule has 0 spiro atoms. The van der Waals surface area contributed by atoms with Gasteiger partial charge in [-0.3, -0.25) is 19.3 Å². The van der Waals surface area contributed by atoms with E-state index in [-0.39, 0.29) is 39.9 Å². The van der Waals surface area contributed by atoms with Crippen molar-refractivity contribution >= 4 is 29.4 Å². The summed E-state index contributed by atoms with van der Waals surface area (Å²) in [7, 11) is 0. The molecular weight excluding hydrogens is 388 g/mol. The number of benzene rings is 2. The van der Waals surface area contributed by atoms with Crippen molar-refractivity contribution in [2.24, 2.45) is 0 Å². The molecule has 0 unspecified atom stereocenters. The topological polar surface area (TPSA) is 127 Å². The van der Waals surface area contributed by atoms with Crippen LogP contribution in [0.5, 0.6) is 5.75 Å². The molecule has 8 heteroatoms. The maximum Gasteiger partial charge on any atom is 0.337 e. The van der Waals surface area contributed by atoms with E-state index in [1.54, 1.807) is 0 Å². The molecule has 2 N–H and O–H groups in total. The van der Waals surface area contributed by atoms with Crippen molar-refractivity contribution in [1.82, 2.24) is 4.90 Å². The van der Waals surface area contributed by atoms with E-state index >= 15 is 0 Å². The fraction of sp³-hybridized carbons (Fsp3) is 0.273. The Bertz CT molecular complexity index is 1070. The van der Waals surface area contributed by atoms with E-state index in [9.17, 15) is 29.4 Å². The fourth-order valence-electron chi connectivity index (χ4n) is 4.08. The molecule has 30 heavy (non-hydrogen) atoms. The second-order valence-corrected chi connectivity index (χ2v) is 7.50. The second kappa shape index (κ2) is 7.62. The number of amides is 3. The summed E-state index contributed by atoms with van der Waals surface area (Å²) in [5.41, 5.74) is 0.198. The zero-order valence-electron chi connectivity index (χ0n) is 16.0. The first kappa shape index (κ1) is 19.6. The van der Waals surface area contributed by atoms with Gasteiger partial charge in [0, 0.05) is 11.6 Å². The smallest absolute Gasteiger partial charge is 0.337 e. The number of nitrogens with zero attached hydrogens (tertiary/aromatic N) is 1. The summed E-state index contributed by atoms with van der Waals surface area (Å²) >= 11 is 0. The van der Waals surface area contributed by atoms with Crippen LogP contribution in [0.15, 0.2) is 36.4 Å². The van der Waals surface area contributed by atoms with Gasteiger partial charge in [-0.25, -0.2) is 4.79 Å². The Morgan fingerprint density at radius 3 is 2.37 bits per heavy atom. The van der Waals surface area contributed by atoms with E-state index in [1.165, 1.54) is 29.2 Å². The molecule has 0 saturated heterocycles. The molecule has 2 aromatic carbocycles. The molecule has 3 amide bonds. The van der Waals surface area contributed by atoms with E-state index in [2.05, 4.69) is 5.32 Å². The van der Waals surface area contributed by atoms with Gasteiger partial charge in [0.15, 0.2) is 0 Å². The van der Waals surface area contributed by atoms with Gasteiger partial charge in [0.2, 0.25) is 0 Å². The summed E-state index contributed by atoms with van der Waals surface area (Å²) in [5.74, 6) is -3.22. The van der Waals surface area contributed by atoms with Gasteiger partial charge in [-0.05, 0) is 37.1 Å². The lowest BCUT2D eigenvalue weighted by atomic mass is 9.94. The highest BCUT2D eigenvalue weighted by Crippen LogP contribution is 2.31. The summed E-state index contributed by atoms with van der Waals surface area (Å²) in [6.07, 6.45) is 4.61. The second-order valence-electron chi connectivity index (χ2n) is 7.50. The lowest BCUT2D eigenvalue weighted by Crippen LogP contribution is -2.40. The molecule has 0 atom stereocenters. The van der Waals surface area contributed by atoms with Gasteiger partial charge in [-0.2, -0.15) is 0 Å². The highest BCUT2D eigenvalue weighted by atomic mass is 16.4. The molecule has 1 heterocycles. The van der Waals surface area contributed by atoms with Crippen LogP contribution >= 0.6 is 0 Å². The van der Waals surface area contributed by atoms with E-state index in [0.717, 1.165) is 44.2 Å². The van der Waals surface area contributed by atoms with Gasteiger partial charge in [-0.1, -0.05) is 31.4 Å². The van der Waals surface area contributed by atoms with Crippen molar-refractivity contribution in [3.8, 4) is 5.75 Å². The molecule has 2 aromatic rings. The average Bonchev–Trinajstić information content (AvgIpc) is 2.99. The first-order valence-electron chi connectivity index (χ1n) is 9.74. The highest BCUT2D eigenvalue weighted by Gasteiger charge is 2.40. The number of fused-ring (bicyclic) bond motifs is 1. The third-order valence-corrected chi connectivity index (χ3v) is 5.59. The van der Waals surface area contributed by atoms with Gasteiger partial charge < -0.3 is 15.5 Å². The molecule has 0 bridgehead atoms. The summed E-state index contributed by atoms with van der Waals surface area (Å²) < 4.78 is 0. The highest BCUT2D eigenvalue weighted by molar-refractivity contribution is 6.22. The largest absolute Gasteiger partial charge is 0.872 e. The van der Waals surface area contributed by atoms with Crippen molar-refractivity contribution in [1.29, 1.82) is 0 Å². The zero-order valence-corrected chi connectivity index (χ0v) is 16.0. The Morgan fingerprint density at radius 1 is 0.967 bits per heavy atom. The zero-order chi connectivity index (χ0) is 21.4. The number of carbonyl (C=O) groups is 4. The number of rotatable bonds is 4. The van der Waals surface area contributed by atoms with Crippen LogP contribution in [0.4, 0.5) is 5.69 Å². The quantitative estimate of drug-likeness (QED) is 0.750. The van der Waals surface area contributed by atoms with Crippen molar-refractivity contribution in [2.75, 3.05) is 5.32 Å². The van der Waals surface area contributed by atoms with Gasteiger partial charge in [0.1, 0.15) is 0 Å². The Morgan fingerprint density at radius 2 is 1.67 bits per heavy atom. The van der Waals surface area contributed by atoms with E-state index in [0.29, 0.717) is 0 Å². The maximum atomic E-state index is 12.9. The maximum absolute atomic E-state index is 12.9. The van der Waals surface area contributed by atoms with Crippen LogP contribution in [0.1, 0.15) is 73.5 Å². The number of hydrogen-bond acceptors (Lipinski definition) is 5. The monoisotopic (exact) mass is 407 g/mol. The molecule has 8 nitrogen and oxygen atoms in total. The number of nitrogens with one attached hydrogen (secondary N) is 1. The molecule has 1 saturated carbocycles. The van der Waals surface area contributed by atoms with E-state index in [1.807, 2.05) is 0 Å². The number of carbonyl (C=O) groups excluding carboxylic acids is 3. The van der Waals surface area contributed by atoms with Crippen LogP contribution in [0, 0.1) is 0 Å². The molecule has 1 aliphatic carbocycles. The summed E-state index contributed by atoms with van der Waals surface area (Å²) in [5, 5.41) is 23.1. The Kier molecular flexibility index (Phi) is 4.99. The first-order chi connectivity index (χ1) is 14.4. The van der Waals surface area contributed by atoms with Gasteiger partial charge in [0.25, 0.3) is 17.7 Å². The standard InChI is InChI=1S/C22H20N2O6/c25-14-7-9-18(17(11-14)22(29)30)23-19(26)12-6-8-15-16(10-12)21(28)24(20(15)27)13-4-2-1-3-5-13/h6-11,13,25H,1-5H2,(H,23,26)(H,29,30)/p-1. The van der Waals surface area contributed by atoms with Gasteiger partial charge in [0.05, 0.1) is 22.4 Å². The predicted octanol–water partition coefficient (Wildman–Crippen LogP) is 2.64. The SMILES string of the molecule is O=C(Nc1ccc([O-])cc1C(=O)O)c1ccc2c(c1)C(=O)N(C1CCCCC1)C2=O. The normalized spacial score (nSPS) is 16.5. The number of aromatic carboxylic acids is 1. The molecule has 1 fully saturated rings. The lowest BCUT2D eigenvalue weighted by molar-refractivity contribution is -0.268. The number of anilines is 1. The van der Waals surface area contributed by atoms with Gasteiger partial charge in [-0.15, -0.1) is 5.75 Å². The van der Waals surface area contributed by atoms with Crippen molar-refractivity contribution in [3.05, 3.63) is 58.7 Å². The summed E-state index contributed by atoms with van der Waals surface area (Å²) in [6, 6.07) is 7.40. The lowest BCUT2D eigenvalue weighted by Gasteiger charge is -2.29. The Balaban J connectivity index is 1.59. The van der Waals surface area contributed by atoms with Crippen molar-refractivity contribution in [3.63, 3.8) is 0 Å².